The number of rotatable bonds is 7. The van der Waals surface area contributed by atoms with Gasteiger partial charge in [-0.1, -0.05) is 54.1 Å². The Kier molecular flexibility index (Phi) is 8.05. The molecule has 0 atom stereocenters. The molecule has 3 aromatic carbocycles. The molecule has 7 nitrogen and oxygen atoms in total. The number of hydrogen-bond acceptors (Lipinski definition) is 5. The smallest absolute Gasteiger partial charge is 0.354 e. The average molecular weight is 479 g/mol. The largest absolute Gasteiger partial charge is 0.508 e. The van der Waals surface area contributed by atoms with Crippen molar-refractivity contribution in [2.75, 3.05) is 7.11 Å². The Bertz CT molecular complexity index is 1230. The van der Waals surface area contributed by atoms with Gasteiger partial charge in [0.15, 0.2) is 0 Å². The molecule has 3 rings (SSSR count). The molecule has 8 heteroatoms. The molecule has 0 fully saturated rings. The molecule has 0 saturated heterocycles. The summed E-state index contributed by atoms with van der Waals surface area (Å²) >= 11 is 6.36. The molecule has 0 radical (unpaired) electrons. The summed E-state index contributed by atoms with van der Waals surface area (Å²) in [7, 11) is 1.22. The van der Waals surface area contributed by atoms with Crippen LogP contribution < -0.4 is 10.6 Å². The van der Waals surface area contributed by atoms with Crippen LogP contribution in [0.5, 0.6) is 5.75 Å². The van der Waals surface area contributed by atoms with Crippen molar-refractivity contribution in [3.63, 3.8) is 0 Å². The second kappa shape index (κ2) is 11.2. The number of phenols is 1. The second-order valence-corrected chi connectivity index (χ2v) is 7.82. The van der Waals surface area contributed by atoms with Gasteiger partial charge < -0.3 is 20.5 Å². The molecule has 0 bridgehead atoms. The van der Waals surface area contributed by atoms with Gasteiger partial charge >= 0.3 is 5.97 Å². The summed E-state index contributed by atoms with van der Waals surface area (Å²) in [4.78, 5) is 37.8. The number of aromatic hydroxyl groups is 1. The lowest BCUT2D eigenvalue weighted by Gasteiger charge is -2.13. The molecule has 0 heterocycles. The first kappa shape index (κ1) is 24.5. The van der Waals surface area contributed by atoms with E-state index in [-0.39, 0.29) is 40.0 Å². The fraction of sp³-hybridized carbons (Fsp3) is 0.115. The van der Waals surface area contributed by atoms with Crippen LogP contribution in [0.1, 0.15) is 37.4 Å². The summed E-state index contributed by atoms with van der Waals surface area (Å²) in [6.45, 7) is 1.85. The number of halogens is 1. The number of nitrogens with one attached hydrogen (secondary N) is 2. The number of carbonyl (C=O) groups is 3. The minimum absolute atomic E-state index is 0.0536. The monoisotopic (exact) mass is 478 g/mol. The Labute approximate surface area is 202 Å². The molecule has 2 amide bonds. The standard InChI is InChI=1S/C26H23ClN2O5/c1-16-11-19(24(31)28-15-18-9-6-10-20(30)12-18)14-21(27)23(16)25(32)29-22(26(33)34-2)13-17-7-4-3-5-8-17/h3-14,30H,15H2,1-2H3,(H,28,31)(H,29,32)/b22-13-. The van der Waals surface area contributed by atoms with Crippen LogP contribution in [0.4, 0.5) is 0 Å². The van der Waals surface area contributed by atoms with Crippen molar-refractivity contribution in [2.45, 2.75) is 13.5 Å². The Morgan fingerprint density at radius 3 is 2.38 bits per heavy atom. The lowest BCUT2D eigenvalue weighted by molar-refractivity contribution is -0.136. The van der Waals surface area contributed by atoms with E-state index < -0.39 is 11.9 Å². The number of esters is 1. The van der Waals surface area contributed by atoms with Crippen molar-refractivity contribution in [3.05, 3.63) is 105 Å². The normalized spacial score (nSPS) is 11.0. The molecule has 0 aliphatic rings. The second-order valence-electron chi connectivity index (χ2n) is 7.42. The van der Waals surface area contributed by atoms with Crippen molar-refractivity contribution in [2.24, 2.45) is 0 Å². The van der Waals surface area contributed by atoms with Crippen LogP contribution in [0.3, 0.4) is 0 Å². The van der Waals surface area contributed by atoms with Gasteiger partial charge in [0.1, 0.15) is 11.4 Å². The number of amides is 2. The third kappa shape index (κ3) is 6.24. The number of benzene rings is 3. The number of ether oxygens (including phenoxy) is 1. The third-order valence-corrected chi connectivity index (χ3v) is 5.20. The van der Waals surface area contributed by atoms with E-state index in [1.165, 1.54) is 25.3 Å². The van der Waals surface area contributed by atoms with Gasteiger partial charge in [-0.3, -0.25) is 9.59 Å². The average Bonchev–Trinajstić information content (AvgIpc) is 2.81. The van der Waals surface area contributed by atoms with Gasteiger partial charge in [-0.25, -0.2) is 4.79 Å². The van der Waals surface area contributed by atoms with Gasteiger partial charge in [-0.15, -0.1) is 0 Å². The lowest BCUT2D eigenvalue weighted by atomic mass is 10.0. The van der Waals surface area contributed by atoms with E-state index in [0.29, 0.717) is 11.1 Å². The summed E-state index contributed by atoms with van der Waals surface area (Å²) in [6, 6.07) is 18.5. The van der Waals surface area contributed by atoms with E-state index in [9.17, 15) is 19.5 Å². The van der Waals surface area contributed by atoms with Crippen LogP contribution in [0.2, 0.25) is 5.02 Å². The molecule has 0 aliphatic heterocycles. The molecule has 0 saturated carbocycles. The van der Waals surface area contributed by atoms with Gasteiger partial charge in [0.2, 0.25) is 0 Å². The molecular formula is C26H23ClN2O5. The van der Waals surface area contributed by atoms with E-state index in [2.05, 4.69) is 10.6 Å². The number of phenolic OH excluding ortho intramolecular Hbond substituents is 1. The molecular weight excluding hydrogens is 456 g/mol. The van der Waals surface area contributed by atoms with Crippen LogP contribution >= 0.6 is 11.6 Å². The maximum atomic E-state index is 13.0. The molecule has 0 aliphatic carbocycles. The molecule has 0 unspecified atom stereocenters. The zero-order valence-corrected chi connectivity index (χ0v) is 19.3. The highest BCUT2D eigenvalue weighted by atomic mass is 35.5. The fourth-order valence-electron chi connectivity index (χ4n) is 3.27. The van der Waals surface area contributed by atoms with Gasteiger partial charge in [-0.2, -0.15) is 0 Å². The summed E-state index contributed by atoms with van der Waals surface area (Å²) in [5.41, 5.74) is 2.23. The van der Waals surface area contributed by atoms with Crippen molar-refractivity contribution in [1.82, 2.24) is 10.6 Å². The maximum Gasteiger partial charge on any atom is 0.354 e. The Balaban J connectivity index is 1.78. The van der Waals surface area contributed by atoms with Crippen LogP contribution in [0.15, 0.2) is 72.4 Å². The van der Waals surface area contributed by atoms with Gasteiger partial charge in [0.25, 0.3) is 11.8 Å². The summed E-state index contributed by atoms with van der Waals surface area (Å²) in [6.07, 6.45) is 1.50. The van der Waals surface area contributed by atoms with Crippen molar-refractivity contribution < 1.29 is 24.2 Å². The number of hydrogen-bond donors (Lipinski definition) is 3. The number of aryl methyl sites for hydroxylation is 1. The number of methoxy groups -OCH3 is 1. The topological polar surface area (TPSA) is 105 Å². The number of carbonyl (C=O) groups excluding carboxylic acids is 3. The van der Waals surface area contributed by atoms with Gasteiger partial charge in [0, 0.05) is 12.1 Å². The zero-order chi connectivity index (χ0) is 24.7. The first-order valence-electron chi connectivity index (χ1n) is 10.3. The first-order valence-corrected chi connectivity index (χ1v) is 10.7. The van der Waals surface area contributed by atoms with Crippen molar-refractivity contribution in [3.8, 4) is 5.75 Å². The lowest BCUT2D eigenvalue weighted by Crippen LogP contribution is -2.29. The van der Waals surface area contributed by atoms with Crippen LogP contribution in [0, 0.1) is 6.92 Å². The highest BCUT2D eigenvalue weighted by Crippen LogP contribution is 2.23. The fourth-order valence-corrected chi connectivity index (χ4v) is 3.62. The highest BCUT2D eigenvalue weighted by molar-refractivity contribution is 6.34. The molecule has 34 heavy (non-hydrogen) atoms. The van der Waals surface area contributed by atoms with Gasteiger partial charge in [-0.05, 0) is 54.0 Å². The van der Waals surface area contributed by atoms with E-state index in [1.807, 2.05) is 6.07 Å². The molecule has 0 aromatic heterocycles. The third-order valence-electron chi connectivity index (χ3n) is 4.90. The summed E-state index contributed by atoms with van der Waals surface area (Å²) < 4.78 is 4.78. The van der Waals surface area contributed by atoms with E-state index in [1.54, 1.807) is 55.5 Å². The summed E-state index contributed by atoms with van der Waals surface area (Å²) in [5, 5.41) is 14.9. The minimum Gasteiger partial charge on any atom is -0.508 e. The summed E-state index contributed by atoms with van der Waals surface area (Å²) in [5.74, 6) is -1.61. The van der Waals surface area contributed by atoms with Crippen LogP contribution in [-0.2, 0) is 16.1 Å². The van der Waals surface area contributed by atoms with Gasteiger partial charge in [0.05, 0.1) is 17.7 Å². The zero-order valence-electron chi connectivity index (χ0n) is 18.6. The van der Waals surface area contributed by atoms with Crippen LogP contribution in [0.25, 0.3) is 6.08 Å². The predicted molar refractivity (Wildman–Crippen MR) is 129 cm³/mol. The molecule has 0 spiro atoms. The Morgan fingerprint density at radius 2 is 1.74 bits per heavy atom. The molecule has 3 N–H and O–H groups in total. The SMILES string of the molecule is COC(=O)/C(=C/c1ccccc1)NC(=O)c1c(C)cc(C(=O)NCc2cccc(O)c2)cc1Cl. The predicted octanol–water partition coefficient (Wildman–Crippen LogP) is 4.23. The maximum absolute atomic E-state index is 13.0. The highest BCUT2D eigenvalue weighted by Gasteiger charge is 2.21. The van der Waals surface area contributed by atoms with Crippen molar-refractivity contribution in [1.29, 1.82) is 0 Å². The quantitative estimate of drug-likeness (QED) is 0.348. The minimum atomic E-state index is -0.714. The Morgan fingerprint density at radius 1 is 1.00 bits per heavy atom. The van der Waals surface area contributed by atoms with Crippen molar-refractivity contribution >= 4 is 35.5 Å². The van der Waals surface area contributed by atoms with E-state index in [4.69, 9.17) is 16.3 Å². The molecule has 174 valence electrons. The van der Waals surface area contributed by atoms with E-state index in [0.717, 1.165) is 5.56 Å². The first-order chi connectivity index (χ1) is 16.3. The molecule has 3 aromatic rings. The van der Waals surface area contributed by atoms with Crippen LogP contribution in [-0.4, -0.2) is 30.0 Å². The Hall–Kier alpha value is -4.10. The van der Waals surface area contributed by atoms with E-state index >= 15 is 0 Å².